The van der Waals surface area contributed by atoms with Crippen molar-refractivity contribution in [1.82, 2.24) is 10.2 Å². The molecule has 2 N–H and O–H groups in total. The van der Waals surface area contributed by atoms with Crippen LogP contribution in [0.3, 0.4) is 0 Å². The molecule has 0 unspecified atom stereocenters. The van der Waals surface area contributed by atoms with Crippen molar-refractivity contribution < 1.29 is 19.4 Å². The monoisotopic (exact) mass is 320 g/mol. The number of likely N-dealkylation sites (tertiary alicyclic amines) is 1. The van der Waals surface area contributed by atoms with Gasteiger partial charge in [-0.1, -0.05) is 18.2 Å². The van der Waals surface area contributed by atoms with E-state index in [1.54, 1.807) is 4.90 Å². The Kier molecular flexibility index (Phi) is 6.26. The van der Waals surface area contributed by atoms with Gasteiger partial charge in [0, 0.05) is 25.6 Å². The fourth-order valence-electron chi connectivity index (χ4n) is 2.70. The minimum Gasteiger partial charge on any atom is -0.493 e. The average molecular weight is 320 g/mol. The summed E-state index contributed by atoms with van der Waals surface area (Å²) in [5, 5.41) is 11.3. The van der Waals surface area contributed by atoms with Crippen molar-refractivity contribution in [3.63, 3.8) is 0 Å². The fraction of sp³-hybridized carbons (Fsp3) is 0.529. The van der Waals surface area contributed by atoms with Crippen molar-refractivity contribution in [3.05, 3.63) is 29.8 Å². The number of carbonyl (C=O) groups excluding carboxylic acids is 1. The molecule has 1 aromatic rings. The highest BCUT2D eigenvalue weighted by atomic mass is 16.5. The van der Waals surface area contributed by atoms with Crippen molar-refractivity contribution in [2.45, 2.75) is 26.2 Å². The van der Waals surface area contributed by atoms with Crippen molar-refractivity contribution in [2.24, 2.45) is 5.92 Å². The van der Waals surface area contributed by atoms with Crippen LogP contribution < -0.4 is 10.1 Å². The summed E-state index contributed by atoms with van der Waals surface area (Å²) in [7, 11) is 0. The number of carboxylic acid groups (broad SMARTS) is 1. The van der Waals surface area contributed by atoms with Gasteiger partial charge in [-0.2, -0.15) is 0 Å². The van der Waals surface area contributed by atoms with Crippen molar-refractivity contribution >= 4 is 12.0 Å². The van der Waals surface area contributed by atoms with E-state index in [1.807, 2.05) is 31.2 Å². The Hall–Kier alpha value is -2.24. The maximum absolute atomic E-state index is 12.0. The van der Waals surface area contributed by atoms with Crippen molar-refractivity contribution in [1.29, 1.82) is 0 Å². The standard InChI is InChI=1S/C17H24N2O4/c1-13-5-2-3-7-15(13)23-12-14-6-4-10-19(11-14)17(22)18-9-8-16(20)21/h2-3,5,7,14H,4,6,8-12H2,1H3,(H,18,22)(H,20,21)/t14-/m0/s1. The number of piperidine rings is 1. The normalized spacial score (nSPS) is 17.6. The van der Waals surface area contributed by atoms with Gasteiger partial charge in [-0.15, -0.1) is 0 Å². The molecule has 0 aliphatic carbocycles. The summed E-state index contributed by atoms with van der Waals surface area (Å²) in [5.41, 5.74) is 1.10. The zero-order valence-corrected chi connectivity index (χ0v) is 13.5. The van der Waals surface area contributed by atoms with E-state index in [0.717, 1.165) is 24.2 Å². The molecule has 1 aromatic carbocycles. The number of nitrogens with zero attached hydrogens (tertiary/aromatic N) is 1. The van der Waals surface area contributed by atoms with Gasteiger partial charge in [0.2, 0.25) is 0 Å². The molecule has 6 nitrogen and oxygen atoms in total. The van der Waals surface area contributed by atoms with Gasteiger partial charge in [0.05, 0.1) is 13.0 Å². The predicted octanol–water partition coefficient (Wildman–Crippen LogP) is 2.27. The van der Waals surface area contributed by atoms with Crippen LogP contribution in [0.25, 0.3) is 0 Å². The van der Waals surface area contributed by atoms with Gasteiger partial charge < -0.3 is 20.1 Å². The lowest BCUT2D eigenvalue weighted by molar-refractivity contribution is -0.136. The largest absolute Gasteiger partial charge is 0.493 e. The number of carbonyl (C=O) groups is 2. The summed E-state index contributed by atoms with van der Waals surface area (Å²) in [6.07, 6.45) is 1.92. The number of amides is 2. The number of aliphatic carboxylic acids is 1. The number of para-hydroxylation sites is 1. The number of hydrogen-bond donors (Lipinski definition) is 2. The third kappa shape index (κ3) is 5.47. The smallest absolute Gasteiger partial charge is 0.317 e. The Labute approximate surface area is 136 Å². The third-order valence-electron chi connectivity index (χ3n) is 3.99. The molecule has 2 amide bonds. The molecule has 0 radical (unpaired) electrons. The summed E-state index contributed by atoms with van der Waals surface area (Å²) >= 11 is 0. The highest BCUT2D eigenvalue weighted by Gasteiger charge is 2.24. The van der Waals surface area contributed by atoms with Crippen molar-refractivity contribution in [3.8, 4) is 5.75 Å². The van der Waals surface area contributed by atoms with Crippen LogP contribution >= 0.6 is 0 Å². The molecule has 0 spiro atoms. The molecule has 0 bridgehead atoms. The zero-order chi connectivity index (χ0) is 16.7. The first-order chi connectivity index (χ1) is 11.1. The first-order valence-electron chi connectivity index (χ1n) is 7.99. The van der Waals surface area contributed by atoms with Gasteiger partial charge in [-0.05, 0) is 31.4 Å². The second-order valence-electron chi connectivity index (χ2n) is 5.91. The van der Waals surface area contributed by atoms with E-state index in [2.05, 4.69) is 5.32 Å². The van der Waals surface area contributed by atoms with Gasteiger partial charge in [0.25, 0.3) is 0 Å². The van der Waals surface area contributed by atoms with Crippen LogP contribution in [0.5, 0.6) is 5.75 Å². The molecule has 0 saturated carbocycles. The summed E-state index contributed by atoms with van der Waals surface area (Å²) in [4.78, 5) is 24.3. The van der Waals surface area contributed by atoms with E-state index in [4.69, 9.17) is 9.84 Å². The predicted molar refractivity (Wildman–Crippen MR) is 86.6 cm³/mol. The lowest BCUT2D eigenvalue weighted by Crippen LogP contribution is -2.46. The van der Waals surface area contributed by atoms with Crippen LogP contribution in [0.1, 0.15) is 24.8 Å². The topological polar surface area (TPSA) is 78.9 Å². The molecule has 126 valence electrons. The summed E-state index contributed by atoms with van der Waals surface area (Å²) in [6.45, 7) is 4.11. The van der Waals surface area contributed by atoms with E-state index in [1.165, 1.54) is 0 Å². The lowest BCUT2D eigenvalue weighted by atomic mass is 9.99. The summed E-state index contributed by atoms with van der Waals surface area (Å²) in [6, 6.07) is 7.71. The summed E-state index contributed by atoms with van der Waals surface area (Å²) < 4.78 is 5.88. The fourth-order valence-corrected chi connectivity index (χ4v) is 2.70. The third-order valence-corrected chi connectivity index (χ3v) is 3.99. The number of rotatable bonds is 6. The zero-order valence-electron chi connectivity index (χ0n) is 13.5. The number of benzene rings is 1. The Balaban J connectivity index is 1.77. The maximum Gasteiger partial charge on any atom is 0.317 e. The molecule has 1 saturated heterocycles. The minimum atomic E-state index is -0.909. The number of hydrogen-bond acceptors (Lipinski definition) is 3. The van der Waals surface area contributed by atoms with Crippen LogP contribution in [0.4, 0.5) is 4.79 Å². The van der Waals surface area contributed by atoms with E-state index in [0.29, 0.717) is 25.6 Å². The molecule has 6 heteroatoms. The summed E-state index contributed by atoms with van der Waals surface area (Å²) in [5.74, 6) is 0.276. The van der Waals surface area contributed by atoms with E-state index in [-0.39, 0.29) is 19.0 Å². The van der Waals surface area contributed by atoms with E-state index >= 15 is 0 Å². The van der Waals surface area contributed by atoms with Gasteiger partial charge in [0.1, 0.15) is 5.75 Å². The maximum atomic E-state index is 12.0. The van der Waals surface area contributed by atoms with E-state index < -0.39 is 5.97 Å². The Morgan fingerprint density at radius 1 is 1.39 bits per heavy atom. The van der Waals surface area contributed by atoms with Crippen LogP contribution in [0, 0.1) is 12.8 Å². The van der Waals surface area contributed by atoms with E-state index in [9.17, 15) is 9.59 Å². The van der Waals surface area contributed by atoms with Crippen LogP contribution in [-0.2, 0) is 4.79 Å². The Bertz CT molecular complexity index is 547. The first kappa shape index (κ1) is 17.1. The number of nitrogens with one attached hydrogen (secondary N) is 1. The van der Waals surface area contributed by atoms with Gasteiger partial charge in [-0.3, -0.25) is 4.79 Å². The SMILES string of the molecule is Cc1ccccc1OC[C@H]1CCCN(C(=O)NCCC(=O)O)C1. The van der Waals surface area contributed by atoms with Crippen LogP contribution in [0.2, 0.25) is 0 Å². The van der Waals surface area contributed by atoms with Gasteiger partial charge >= 0.3 is 12.0 Å². The number of aryl methyl sites for hydroxylation is 1. The lowest BCUT2D eigenvalue weighted by Gasteiger charge is -2.32. The van der Waals surface area contributed by atoms with Crippen molar-refractivity contribution in [2.75, 3.05) is 26.2 Å². The highest BCUT2D eigenvalue weighted by molar-refractivity contribution is 5.75. The molecule has 1 aliphatic heterocycles. The molecule has 2 rings (SSSR count). The van der Waals surface area contributed by atoms with Crippen LogP contribution in [0.15, 0.2) is 24.3 Å². The second kappa shape index (κ2) is 8.41. The molecule has 0 aromatic heterocycles. The molecule has 23 heavy (non-hydrogen) atoms. The number of ether oxygens (including phenoxy) is 1. The molecule has 1 heterocycles. The Morgan fingerprint density at radius 3 is 2.91 bits per heavy atom. The quantitative estimate of drug-likeness (QED) is 0.843. The molecule has 1 atom stereocenters. The van der Waals surface area contributed by atoms with Crippen LogP contribution in [-0.4, -0.2) is 48.2 Å². The van der Waals surface area contributed by atoms with Gasteiger partial charge in [0.15, 0.2) is 0 Å². The highest BCUT2D eigenvalue weighted by Crippen LogP contribution is 2.21. The second-order valence-corrected chi connectivity index (χ2v) is 5.91. The Morgan fingerprint density at radius 2 is 2.17 bits per heavy atom. The number of urea groups is 1. The molecule has 1 aliphatic rings. The molecular formula is C17H24N2O4. The number of carboxylic acids is 1. The molecular weight excluding hydrogens is 296 g/mol. The average Bonchev–Trinajstić information content (AvgIpc) is 2.54. The minimum absolute atomic E-state index is 0.0561. The molecule has 1 fully saturated rings. The first-order valence-corrected chi connectivity index (χ1v) is 7.99. The van der Waals surface area contributed by atoms with Gasteiger partial charge in [-0.25, -0.2) is 4.79 Å².